The van der Waals surface area contributed by atoms with E-state index in [1.54, 1.807) is 27.0 Å². The van der Waals surface area contributed by atoms with Crippen molar-refractivity contribution < 1.29 is 14.3 Å². The van der Waals surface area contributed by atoms with Crippen molar-refractivity contribution in [3.05, 3.63) is 53.7 Å². The van der Waals surface area contributed by atoms with E-state index in [9.17, 15) is 9.90 Å². The van der Waals surface area contributed by atoms with Crippen molar-refractivity contribution in [3.63, 3.8) is 0 Å². The van der Waals surface area contributed by atoms with E-state index in [2.05, 4.69) is 15.2 Å². The highest BCUT2D eigenvalue weighted by molar-refractivity contribution is 6.04. The molecule has 0 bridgehead atoms. The van der Waals surface area contributed by atoms with Crippen LogP contribution in [0.15, 0.2) is 40.9 Å². The van der Waals surface area contributed by atoms with E-state index in [-0.39, 0.29) is 11.9 Å². The molecule has 1 aliphatic heterocycles. The Morgan fingerprint density at radius 1 is 1.13 bits per heavy atom. The molecule has 30 heavy (non-hydrogen) atoms. The van der Waals surface area contributed by atoms with Gasteiger partial charge in [-0.25, -0.2) is 0 Å². The van der Waals surface area contributed by atoms with Crippen LogP contribution in [0, 0.1) is 12.8 Å². The monoisotopic (exact) mass is 404 g/mol. The van der Waals surface area contributed by atoms with E-state index in [0.29, 0.717) is 29.8 Å². The molecule has 2 aromatic heterocycles. The van der Waals surface area contributed by atoms with Crippen LogP contribution in [-0.4, -0.2) is 42.7 Å². The largest absolute Gasteiger partial charge is 0.421 e. The lowest BCUT2D eigenvalue weighted by Crippen LogP contribution is -2.51. The lowest BCUT2D eigenvalue weighted by Gasteiger charge is -2.37. The van der Waals surface area contributed by atoms with Crippen LogP contribution in [0.5, 0.6) is 0 Å². The molecule has 7 nitrogen and oxygen atoms in total. The first-order valence-electron chi connectivity index (χ1n) is 10.2. The van der Waals surface area contributed by atoms with Crippen molar-refractivity contribution in [1.29, 1.82) is 0 Å². The van der Waals surface area contributed by atoms with Crippen molar-refractivity contribution in [2.45, 2.75) is 51.8 Å². The fourth-order valence-electron chi connectivity index (χ4n) is 4.54. The van der Waals surface area contributed by atoms with E-state index in [1.807, 2.05) is 35.2 Å². The quantitative estimate of drug-likeness (QED) is 0.698. The highest BCUT2D eigenvalue weighted by Crippen LogP contribution is 2.43. The average Bonchev–Trinajstić information content (AvgIpc) is 3.35. The molecule has 1 amide bonds. The molecule has 5 rings (SSSR count). The van der Waals surface area contributed by atoms with E-state index in [1.165, 1.54) is 0 Å². The molecule has 1 aliphatic carbocycles. The maximum Gasteiger partial charge on any atom is 0.257 e. The summed E-state index contributed by atoms with van der Waals surface area (Å²) in [6, 6.07) is 9.41. The first-order valence-corrected chi connectivity index (χ1v) is 10.2. The van der Waals surface area contributed by atoms with Crippen LogP contribution >= 0.6 is 0 Å². The van der Waals surface area contributed by atoms with E-state index in [4.69, 9.17) is 4.42 Å². The molecule has 1 saturated carbocycles. The van der Waals surface area contributed by atoms with Gasteiger partial charge in [-0.1, -0.05) is 12.1 Å². The van der Waals surface area contributed by atoms with E-state index >= 15 is 0 Å². The maximum atomic E-state index is 13.4. The van der Waals surface area contributed by atoms with Crippen molar-refractivity contribution in [2.24, 2.45) is 5.92 Å². The van der Waals surface area contributed by atoms with Gasteiger partial charge in [-0.3, -0.25) is 9.78 Å². The Labute approximate surface area is 174 Å². The second-order valence-corrected chi connectivity index (χ2v) is 8.75. The summed E-state index contributed by atoms with van der Waals surface area (Å²) in [4.78, 5) is 19.7. The first-order chi connectivity index (χ1) is 14.3. The van der Waals surface area contributed by atoms with Gasteiger partial charge in [0, 0.05) is 18.7 Å². The third kappa shape index (κ3) is 3.19. The van der Waals surface area contributed by atoms with Gasteiger partial charge >= 0.3 is 0 Å². The van der Waals surface area contributed by atoms with Crippen molar-refractivity contribution in [2.75, 3.05) is 0 Å². The molecule has 0 radical (unpaired) electrons. The molecule has 3 aromatic rings. The lowest BCUT2D eigenvalue weighted by atomic mass is 9.92. The zero-order valence-corrected chi connectivity index (χ0v) is 17.3. The second kappa shape index (κ2) is 6.74. The normalized spacial score (nSPS) is 17.3. The third-order valence-corrected chi connectivity index (χ3v) is 5.92. The molecule has 3 heterocycles. The number of aliphatic hydroxyl groups is 1. The summed E-state index contributed by atoms with van der Waals surface area (Å²) in [5.74, 6) is 1.29. The number of carbonyl (C=O) groups is 1. The van der Waals surface area contributed by atoms with Crippen LogP contribution in [0.2, 0.25) is 0 Å². The van der Waals surface area contributed by atoms with Crippen molar-refractivity contribution in [1.82, 2.24) is 20.1 Å². The molecule has 0 saturated heterocycles. The predicted octanol–water partition coefficient (Wildman–Crippen LogP) is 3.61. The second-order valence-electron chi connectivity index (χ2n) is 8.75. The zero-order valence-electron chi connectivity index (χ0n) is 17.3. The number of rotatable bonds is 5. The standard InChI is InChI=1S/C23H24N4O3/c1-13-25-26-21(30-13)16-8-4-14(5-9-16)17-10-11-24-18-12-27(22(28)19(17)18)20(15-6-7-15)23(2,3)29/h4-5,8-11,15,20,29H,6-7,12H2,1-3H3/t20-/m1/s1. The Morgan fingerprint density at radius 2 is 1.83 bits per heavy atom. The molecule has 1 atom stereocenters. The van der Waals surface area contributed by atoms with Gasteiger partial charge in [-0.05, 0) is 61.9 Å². The summed E-state index contributed by atoms with van der Waals surface area (Å²) in [6.07, 6.45) is 3.84. The molecular weight excluding hydrogens is 380 g/mol. The lowest BCUT2D eigenvalue weighted by molar-refractivity contribution is -0.0225. The van der Waals surface area contributed by atoms with Gasteiger partial charge in [-0.15, -0.1) is 10.2 Å². The number of aryl methyl sites for hydroxylation is 1. The third-order valence-electron chi connectivity index (χ3n) is 5.92. The predicted molar refractivity (Wildman–Crippen MR) is 110 cm³/mol. The highest BCUT2D eigenvalue weighted by Gasteiger charge is 2.48. The summed E-state index contributed by atoms with van der Waals surface area (Å²) < 4.78 is 5.49. The van der Waals surface area contributed by atoms with Gasteiger partial charge in [-0.2, -0.15) is 0 Å². The highest BCUT2D eigenvalue weighted by atomic mass is 16.4. The Hall–Kier alpha value is -3.06. The maximum absolute atomic E-state index is 13.4. The molecule has 2 aliphatic rings. The van der Waals surface area contributed by atoms with Gasteiger partial charge < -0.3 is 14.4 Å². The number of fused-ring (bicyclic) bond motifs is 1. The van der Waals surface area contributed by atoms with Crippen LogP contribution in [0.4, 0.5) is 0 Å². The number of carbonyl (C=O) groups excluding carboxylic acids is 1. The number of benzene rings is 1. The topological polar surface area (TPSA) is 92.4 Å². The van der Waals surface area contributed by atoms with Gasteiger partial charge in [0.25, 0.3) is 5.91 Å². The van der Waals surface area contributed by atoms with Crippen molar-refractivity contribution >= 4 is 5.91 Å². The van der Waals surface area contributed by atoms with Crippen LogP contribution in [-0.2, 0) is 6.54 Å². The van der Waals surface area contributed by atoms with Gasteiger partial charge in [0.05, 0.1) is 29.4 Å². The summed E-state index contributed by atoms with van der Waals surface area (Å²) in [5.41, 5.74) is 3.05. The summed E-state index contributed by atoms with van der Waals surface area (Å²) in [5, 5.41) is 18.7. The van der Waals surface area contributed by atoms with Crippen molar-refractivity contribution in [3.8, 4) is 22.6 Å². The minimum Gasteiger partial charge on any atom is -0.421 e. The molecule has 0 spiro atoms. The molecule has 0 unspecified atom stereocenters. The molecular formula is C23H24N4O3. The van der Waals surface area contributed by atoms with E-state index in [0.717, 1.165) is 35.2 Å². The Kier molecular flexibility index (Phi) is 4.25. The molecule has 1 fully saturated rings. The smallest absolute Gasteiger partial charge is 0.257 e. The molecule has 1 aromatic carbocycles. The van der Waals surface area contributed by atoms with Crippen LogP contribution in [0.25, 0.3) is 22.6 Å². The number of hydrogen-bond donors (Lipinski definition) is 1. The first kappa shape index (κ1) is 18.9. The number of nitrogens with zero attached hydrogens (tertiary/aromatic N) is 4. The Balaban J connectivity index is 1.49. The fourth-order valence-corrected chi connectivity index (χ4v) is 4.54. The van der Waals surface area contributed by atoms with E-state index < -0.39 is 5.60 Å². The summed E-state index contributed by atoms with van der Waals surface area (Å²) in [6.45, 7) is 5.77. The van der Waals surface area contributed by atoms with Gasteiger partial charge in [0.15, 0.2) is 0 Å². The minimum absolute atomic E-state index is 0.0521. The minimum atomic E-state index is -0.955. The number of pyridine rings is 1. The van der Waals surface area contributed by atoms with Gasteiger partial charge in [0.2, 0.25) is 11.8 Å². The zero-order chi connectivity index (χ0) is 21.0. The summed E-state index contributed by atoms with van der Waals surface area (Å²) >= 11 is 0. The number of amides is 1. The Morgan fingerprint density at radius 3 is 2.43 bits per heavy atom. The van der Waals surface area contributed by atoms with Crippen LogP contribution in [0.1, 0.15) is 48.6 Å². The van der Waals surface area contributed by atoms with Gasteiger partial charge in [0.1, 0.15) is 0 Å². The molecule has 154 valence electrons. The molecule has 7 heteroatoms. The van der Waals surface area contributed by atoms with Crippen LogP contribution < -0.4 is 0 Å². The Bertz CT molecular complexity index is 1110. The molecule has 1 N–H and O–H groups in total. The average molecular weight is 404 g/mol. The summed E-state index contributed by atoms with van der Waals surface area (Å²) in [7, 11) is 0. The number of aromatic nitrogens is 3. The van der Waals surface area contributed by atoms with Crippen LogP contribution in [0.3, 0.4) is 0 Å². The fraction of sp³-hybridized carbons (Fsp3) is 0.391. The number of hydrogen-bond acceptors (Lipinski definition) is 6. The SMILES string of the molecule is Cc1nnc(-c2ccc(-c3ccnc4c3C(=O)N([C@H](C3CC3)C(C)(C)O)C4)cc2)o1.